The fraction of sp³-hybridized carbons (Fsp3) is 0.714. The van der Waals surface area contributed by atoms with Gasteiger partial charge in [-0.15, -0.1) is 0 Å². The molecule has 1 aliphatic rings. The Morgan fingerprint density at radius 1 is 0.872 bits per heavy atom. The first kappa shape index (κ1) is 40.7. The second kappa shape index (κ2) is 20.0. The van der Waals surface area contributed by atoms with Gasteiger partial charge in [-0.25, -0.2) is 4.79 Å². The molecule has 0 aromatic heterocycles. The first-order valence-corrected chi connectivity index (χ1v) is 15.4. The molecule has 0 bridgehead atoms. The Hall–Kier alpha value is -4.36. The Morgan fingerprint density at radius 2 is 1.49 bits per heavy atom. The third kappa shape index (κ3) is 13.1. The first-order chi connectivity index (χ1) is 22.1. The van der Waals surface area contributed by atoms with Crippen molar-refractivity contribution < 1.29 is 53.7 Å². The van der Waals surface area contributed by atoms with E-state index in [1.54, 1.807) is 13.8 Å². The maximum atomic E-state index is 13.8. The summed E-state index contributed by atoms with van der Waals surface area (Å²) >= 11 is 0. The number of nitrogens with two attached hydrogens (primary N) is 3. The zero-order valence-electron chi connectivity index (χ0n) is 26.6. The van der Waals surface area contributed by atoms with E-state index in [1.165, 1.54) is 4.90 Å². The number of primary amides is 1. The topological polar surface area (TPSA) is 327 Å². The van der Waals surface area contributed by atoms with Gasteiger partial charge in [0.2, 0.25) is 35.4 Å². The number of carboxylic acids is 2. The molecule has 1 fully saturated rings. The van der Waals surface area contributed by atoms with Crippen LogP contribution in [0, 0.1) is 5.92 Å². The van der Waals surface area contributed by atoms with Crippen molar-refractivity contribution in [3.05, 3.63) is 0 Å². The van der Waals surface area contributed by atoms with E-state index in [2.05, 4.69) is 21.3 Å². The number of nitrogens with one attached hydrogen (secondary N) is 4. The van der Waals surface area contributed by atoms with E-state index in [0.717, 1.165) is 0 Å². The molecule has 13 N–H and O–H groups in total. The van der Waals surface area contributed by atoms with E-state index >= 15 is 0 Å². The summed E-state index contributed by atoms with van der Waals surface area (Å²) in [6, 6.07) is -8.32. The van der Waals surface area contributed by atoms with Gasteiger partial charge in [0.25, 0.3) is 0 Å². The monoisotopic (exact) mass is 672 g/mol. The normalized spacial score (nSPS) is 18.1. The van der Waals surface area contributed by atoms with Crippen molar-refractivity contribution in [2.24, 2.45) is 23.1 Å². The molecule has 6 amide bonds. The lowest BCUT2D eigenvalue weighted by atomic mass is 9.96. The second-order valence-electron chi connectivity index (χ2n) is 11.4. The highest BCUT2D eigenvalue weighted by atomic mass is 16.4. The zero-order valence-corrected chi connectivity index (χ0v) is 26.6. The molecule has 19 heteroatoms. The number of carboxylic acid groups (broad SMARTS) is 2. The van der Waals surface area contributed by atoms with Crippen LogP contribution in [0.25, 0.3) is 0 Å². The molecule has 47 heavy (non-hydrogen) atoms. The molecular formula is C28H48N8O11. The Morgan fingerprint density at radius 3 is 2.02 bits per heavy atom. The molecule has 0 saturated carbocycles. The molecule has 7 atom stereocenters. The minimum absolute atomic E-state index is 0.0284. The molecule has 0 aliphatic carbocycles. The quantitative estimate of drug-likeness (QED) is 0.0518. The highest BCUT2D eigenvalue weighted by molar-refractivity contribution is 5.97. The number of likely N-dealkylation sites (tertiary alicyclic amines) is 1. The van der Waals surface area contributed by atoms with Crippen LogP contribution in [0.15, 0.2) is 0 Å². The molecule has 0 spiro atoms. The van der Waals surface area contributed by atoms with Crippen LogP contribution >= 0.6 is 0 Å². The fourth-order valence-electron chi connectivity index (χ4n) is 4.88. The number of carbonyl (C=O) groups excluding carboxylic acids is 6. The number of rotatable bonds is 21. The van der Waals surface area contributed by atoms with E-state index in [0.29, 0.717) is 32.2 Å². The molecule has 0 aromatic rings. The summed E-state index contributed by atoms with van der Waals surface area (Å²) in [5, 5.41) is 37.9. The molecule has 1 saturated heterocycles. The number of nitrogens with zero attached hydrogens (tertiary/aromatic N) is 1. The minimum Gasteiger partial charge on any atom is -0.481 e. The van der Waals surface area contributed by atoms with Gasteiger partial charge in [0, 0.05) is 6.54 Å². The summed E-state index contributed by atoms with van der Waals surface area (Å²) < 4.78 is 0. The molecule has 0 aromatic carbocycles. The second-order valence-corrected chi connectivity index (χ2v) is 11.4. The van der Waals surface area contributed by atoms with E-state index < -0.39 is 109 Å². The predicted molar refractivity (Wildman–Crippen MR) is 164 cm³/mol. The lowest BCUT2D eigenvalue weighted by Gasteiger charge is -2.32. The van der Waals surface area contributed by atoms with Crippen LogP contribution in [-0.4, -0.2) is 124 Å². The van der Waals surface area contributed by atoms with Gasteiger partial charge in [0.15, 0.2) is 0 Å². The lowest BCUT2D eigenvalue weighted by molar-refractivity contribution is -0.145. The summed E-state index contributed by atoms with van der Waals surface area (Å²) in [6.07, 6.45) is 0.418. The van der Waals surface area contributed by atoms with Gasteiger partial charge in [-0.3, -0.25) is 33.6 Å². The van der Waals surface area contributed by atoms with Gasteiger partial charge in [-0.05, 0) is 44.6 Å². The van der Waals surface area contributed by atoms with Gasteiger partial charge in [0.1, 0.15) is 30.2 Å². The van der Waals surface area contributed by atoms with Gasteiger partial charge in [0.05, 0.1) is 25.5 Å². The van der Waals surface area contributed by atoms with Crippen LogP contribution in [0.5, 0.6) is 0 Å². The van der Waals surface area contributed by atoms with Gasteiger partial charge >= 0.3 is 11.9 Å². The van der Waals surface area contributed by atoms with E-state index in [4.69, 9.17) is 17.2 Å². The average Bonchev–Trinajstić information content (AvgIpc) is 3.50. The minimum atomic E-state index is -1.66. The molecular weight excluding hydrogens is 624 g/mol. The van der Waals surface area contributed by atoms with E-state index in [9.17, 15) is 53.7 Å². The molecule has 0 unspecified atom stereocenters. The highest BCUT2D eigenvalue weighted by Crippen LogP contribution is 2.22. The summed E-state index contributed by atoms with van der Waals surface area (Å²) in [7, 11) is 0. The smallest absolute Gasteiger partial charge is 0.326 e. The summed E-state index contributed by atoms with van der Waals surface area (Å²) in [5.74, 6) is -8.60. The van der Waals surface area contributed by atoms with Gasteiger partial charge < -0.3 is 58.7 Å². The van der Waals surface area contributed by atoms with Crippen molar-refractivity contribution in [2.45, 2.75) is 101 Å². The molecule has 1 aliphatic heterocycles. The average molecular weight is 673 g/mol. The summed E-state index contributed by atoms with van der Waals surface area (Å²) in [6.45, 7) is 2.92. The Labute approximate surface area is 271 Å². The molecule has 1 heterocycles. The fourth-order valence-corrected chi connectivity index (χ4v) is 4.88. The number of carbonyl (C=O) groups is 8. The number of unbranched alkanes of at least 4 members (excludes halogenated alkanes) is 1. The molecule has 266 valence electrons. The number of aliphatic hydroxyl groups excluding tert-OH is 1. The van der Waals surface area contributed by atoms with Crippen LogP contribution < -0.4 is 38.5 Å². The van der Waals surface area contributed by atoms with Crippen LogP contribution in [0.1, 0.15) is 65.2 Å². The zero-order chi connectivity index (χ0) is 35.8. The van der Waals surface area contributed by atoms with Crippen molar-refractivity contribution >= 4 is 47.4 Å². The van der Waals surface area contributed by atoms with E-state index in [1.807, 2.05) is 0 Å². The molecule has 1 rings (SSSR count). The van der Waals surface area contributed by atoms with Gasteiger partial charge in [-0.2, -0.15) is 0 Å². The Kier molecular flexibility index (Phi) is 17.3. The van der Waals surface area contributed by atoms with Crippen molar-refractivity contribution in [1.82, 2.24) is 26.2 Å². The predicted octanol–water partition coefficient (Wildman–Crippen LogP) is -4.15. The van der Waals surface area contributed by atoms with Crippen LogP contribution in [0.2, 0.25) is 0 Å². The van der Waals surface area contributed by atoms with Crippen LogP contribution in [0.4, 0.5) is 0 Å². The Balaban J connectivity index is 3.12. The number of aliphatic hydroxyl groups is 1. The van der Waals surface area contributed by atoms with Gasteiger partial charge in [-0.1, -0.05) is 20.3 Å². The third-order valence-corrected chi connectivity index (χ3v) is 7.76. The Bertz CT molecular complexity index is 1150. The maximum Gasteiger partial charge on any atom is 0.326 e. The number of amides is 6. The number of hydrogen-bond acceptors (Lipinski definition) is 11. The molecule has 19 nitrogen and oxygen atoms in total. The number of aliphatic carboxylic acids is 2. The van der Waals surface area contributed by atoms with Crippen LogP contribution in [-0.2, 0) is 38.4 Å². The van der Waals surface area contributed by atoms with Crippen molar-refractivity contribution in [3.63, 3.8) is 0 Å². The van der Waals surface area contributed by atoms with Crippen LogP contribution in [0.3, 0.4) is 0 Å². The SMILES string of the molecule is CC[C@H](C)[C@H](NC(=O)[C@H](CO)NC(=O)[C@@H](N)CC(N)=O)C(=O)N1CCC[C@H]1C(=O)N[C@@H](CC(=O)O)C(=O)N[C@@H](CCCCN)C(=O)O. The highest BCUT2D eigenvalue weighted by Gasteiger charge is 2.41. The standard InChI is InChI=1S/C28H48N8O11/c1-3-14(2)22(35-25(43)18(13-37)34-23(41)15(30)11-20(31)38)27(45)36-10-6-8-19(36)26(44)33-17(12-21(39)40)24(42)32-16(28(46)47)7-4-5-9-29/h14-19,22,37H,3-13,29-30H2,1-2H3,(H2,31,38)(H,32,42)(H,33,44)(H,34,41)(H,35,43)(H,39,40)(H,46,47)/t14-,15-,16-,17-,18-,19-,22-/m0/s1. The van der Waals surface area contributed by atoms with Crippen molar-refractivity contribution in [3.8, 4) is 0 Å². The molecule has 0 radical (unpaired) electrons. The van der Waals surface area contributed by atoms with Crippen molar-refractivity contribution in [1.29, 1.82) is 0 Å². The third-order valence-electron chi connectivity index (χ3n) is 7.76. The largest absolute Gasteiger partial charge is 0.481 e. The summed E-state index contributed by atoms with van der Waals surface area (Å²) in [5.41, 5.74) is 16.1. The first-order valence-electron chi connectivity index (χ1n) is 15.4. The lowest BCUT2D eigenvalue weighted by Crippen LogP contribution is -2.61. The number of hydrogen-bond donors (Lipinski definition) is 10. The summed E-state index contributed by atoms with van der Waals surface area (Å²) in [4.78, 5) is 101. The maximum absolute atomic E-state index is 13.8. The van der Waals surface area contributed by atoms with Crippen molar-refractivity contribution in [2.75, 3.05) is 19.7 Å². The van der Waals surface area contributed by atoms with E-state index in [-0.39, 0.29) is 19.4 Å².